The van der Waals surface area contributed by atoms with Gasteiger partial charge >= 0.3 is 0 Å². The quantitative estimate of drug-likeness (QED) is 0.415. The Morgan fingerprint density at radius 2 is 1.43 bits per heavy atom. The van der Waals surface area contributed by atoms with Gasteiger partial charge in [-0.2, -0.15) is 0 Å². The average molecular weight is 503 g/mol. The summed E-state index contributed by atoms with van der Waals surface area (Å²) in [6.45, 7) is 4.32. The fourth-order valence-corrected chi connectivity index (χ4v) is 4.41. The third kappa shape index (κ3) is 6.90. The number of phenols is 1. The van der Waals surface area contributed by atoms with Gasteiger partial charge in [0.25, 0.3) is 0 Å². The van der Waals surface area contributed by atoms with Gasteiger partial charge in [0, 0.05) is 38.8 Å². The van der Waals surface area contributed by atoms with Crippen LogP contribution in [0.3, 0.4) is 0 Å². The van der Waals surface area contributed by atoms with E-state index in [0.717, 1.165) is 30.8 Å². The van der Waals surface area contributed by atoms with Crippen molar-refractivity contribution >= 4 is 12.0 Å². The Hall–Kier alpha value is -3.81. The first-order valence-electron chi connectivity index (χ1n) is 12.4. The highest BCUT2D eigenvalue weighted by molar-refractivity contribution is 5.92. The summed E-state index contributed by atoms with van der Waals surface area (Å²) in [5.41, 5.74) is 2.99. The van der Waals surface area contributed by atoms with Gasteiger partial charge < -0.3 is 24.2 Å². The van der Waals surface area contributed by atoms with Gasteiger partial charge in [0.1, 0.15) is 6.10 Å². The van der Waals surface area contributed by atoms with Crippen LogP contribution in [-0.2, 0) is 9.53 Å². The van der Waals surface area contributed by atoms with Crippen LogP contribution < -0.4 is 9.47 Å². The molecule has 3 aromatic carbocycles. The molecule has 0 bridgehead atoms. The third-order valence-electron chi connectivity index (χ3n) is 6.50. The molecule has 4 rings (SSSR count). The lowest BCUT2D eigenvalue weighted by Crippen LogP contribution is -2.49. The molecule has 0 saturated carbocycles. The molecule has 0 unspecified atom stereocenters. The van der Waals surface area contributed by atoms with E-state index in [-0.39, 0.29) is 17.8 Å². The van der Waals surface area contributed by atoms with Gasteiger partial charge in [-0.15, -0.1) is 0 Å². The monoisotopic (exact) mass is 502 g/mol. The highest BCUT2D eigenvalue weighted by Crippen LogP contribution is 2.37. The van der Waals surface area contributed by atoms with Crippen molar-refractivity contribution in [2.45, 2.75) is 6.10 Å². The molecule has 1 heterocycles. The summed E-state index contributed by atoms with van der Waals surface area (Å²) >= 11 is 0. The maximum absolute atomic E-state index is 12.8. The molecule has 1 amide bonds. The van der Waals surface area contributed by atoms with E-state index in [0.29, 0.717) is 36.8 Å². The van der Waals surface area contributed by atoms with E-state index in [9.17, 15) is 9.90 Å². The molecule has 1 N–H and O–H groups in total. The number of benzene rings is 3. The van der Waals surface area contributed by atoms with Gasteiger partial charge in [0.15, 0.2) is 11.5 Å². The standard InChI is InChI=1S/C30H34N2O5/c1-35-26-21-23(22-27(36-2)29(26)34)13-14-28(33)32-17-15-31(16-18-32)19-20-37-30(24-9-5-3-6-10-24)25-11-7-4-8-12-25/h3-14,21-22,30,34H,15-20H2,1-2H3. The van der Waals surface area contributed by atoms with Crippen LogP contribution in [0.4, 0.5) is 0 Å². The number of phenolic OH excluding ortho intramolecular Hbond substituents is 1. The minimum atomic E-state index is -0.104. The van der Waals surface area contributed by atoms with E-state index in [2.05, 4.69) is 29.2 Å². The lowest BCUT2D eigenvalue weighted by molar-refractivity contribution is -0.127. The Labute approximate surface area is 218 Å². The van der Waals surface area contributed by atoms with Crippen LogP contribution in [0.5, 0.6) is 17.2 Å². The second-order valence-corrected chi connectivity index (χ2v) is 8.85. The Morgan fingerprint density at radius 1 is 0.892 bits per heavy atom. The molecule has 7 nitrogen and oxygen atoms in total. The first-order chi connectivity index (χ1) is 18.1. The molecular weight excluding hydrogens is 468 g/mol. The highest BCUT2D eigenvalue weighted by atomic mass is 16.5. The predicted octanol–water partition coefficient (Wildman–Crippen LogP) is 4.37. The number of aromatic hydroxyl groups is 1. The van der Waals surface area contributed by atoms with Crippen molar-refractivity contribution < 1.29 is 24.1 Å². The van der Waals surface area contributed by atoms with Gasteiger partial charge in [0.2, 0.25) is 11.7 Å². The average Bonchev–Trinajstić information content (AvgIpc) is 2.95. The van der Waals surface area contributed by atoms with Crippen LogP contribution in [0.15, 0.2) is 78.9 Å². The molecule has 1 fully saturated rings. The van der Waals surface area contributed by atoms with Gasteiger partial charge in [-0.3, -0.25) is 9.69 Å². The predicted molar refractivity (Wildman–Crippen MR) is 144 cm³/mol. The first kappa shape index (κ1) is 26.3. The first-order valence-corrected chi connectivity index (χ1v) is 12.4. The van der Waals surface area contributed by atoms with E-state index >= 15 is 0 Å². The molecule has 0 spiro atoms. The van der Waals surface area contributed by atoms with Crippen molar-refractivity contribution in [2.75, 3.05) is 53.6 Å². The van der Waals surface area contributed by atoms with E-state index in [1.807, 2.05) is 41.3 Å². The van der Waals surface area contributed by atoms with Crippen LogP contribution >= 0.6 is 0 Å². The molecule has 0 radical (unpaired) electrons. The van der Waals surface area contributed by atoms with Gasteiger partial charge in [-0.25, -0.2) is 0 Å². The zero-order valence-corrected chi connectivity index (χ0v) is 21.4. The molecule has 194 valence electrons. The summed E-state index contributed by atoms with van der Waals surface area (Å²) in [5, 5.41) is 10.1. The number of carbonyl (C=O) groups excluding carboxylic acids is 1. The number of methoxy groups -OCH3 is 2. The largest absolute Gasteiger partial charge is 0.502 e. The normalized spacial score (nSPS) is 14.3. The van der Waals surface area contributed by atoms with Crippen molar-refractivity contribution in [1.29, 1.82) is 0 Å². The number of hydrogen-bond acceptors (Lipinski definition) is 6. The molecule has 1 aliphatic rings. The molecule has 1 saturated heterocycles. The Balaban J connectivity index is 1.27. The van der Waals surface area contributed by atoms with Gasteiger partial charge in [0.05, 0.1) is 20.8 Å². The molecule has 3 aromatic rings. The van der Waals surface area contributed by atoms with Crippen LogP contribution in [0.25, 0.3) is 6.08 Å². The molecule has 0 aromatic heterocycles. The lowest BCUT2D eigenvalue weighted by Gasteiger charge is -2.34. The SMILES string of the molecule is COc1cc(C=CC(=O)N2CCN(CCOC(c3ccccc3)c3ccccc3)CC2)cc(OC)c1O. The lowest BCUT2D eigenvalue weighted by atomic mass is 10.0. The summed E-state index contributed by atoms with van der Waals surface area (Å²) in [4.78, 5) is 16.9. The smallest absolute Gasteiger partial charge is 0.246 e. The molecular formula is C30H34N2O5. The van der Waals surface area contributed by atoms with Crippen LogP contribution in [0, 0.1) is 0 Å². The molecule has 7 heteroatoms. The third-order valence-corrected chi connectivity index (χ3v) is 6.50. The van der Waals surface area contributed by atoms with Crippen molar-refractivity contribution in [2.24, 2.45) is 0 Å². The van der Waals surface area contributed by atoms with Crippen molar-refractivity contribution in [3.8, 4) is 17.2 Å². The second kappa shape index (κ2) is 12.9. The van der Waals surface area contributed by atoms with Crippen molar-refractivity contribution in [3.05, 3.63) is 95.6 Å². The Bertz CT molecular complexity index is 1110. The van der Waals surface area contributed by atoms with Crippen molar-refractivity contribution in [1.82, 2.24) is 9.80 Å². The van der Waals surface area contributed by atoms with Crippen LogP contribution in [0.2, 0.25) is 0 Å². The summed E-state index contributed by atoms with van der Waals surface area (Å²) < 4.78 is 16.7. The minimum Gasteiger partial charge on any atom is -0.502 e. The van der Waals surface area contributed by atoms with Crippen LogP contribution in [-0.4, -0.2) is 74.4 Å². The molecule has 0 aliphatic carbocycles. The zero-order chi connectivity index (χ0) is 26.0. The number of nitrogens with zero attached hydrogens (tertiary/aromatic N) is 2. The fraction of sp³-hybridized carbons (Fsp3) is 0.300. The number of piperazine rings is 1. The zero-order valence-electron chi connectivity index (χ0n) is 21.4. The van der Waals surface area contributed by atoms with Gasteiger partial charge in [-0.1, -0.05) is 60.7 Å². The molecule has 1 aliphatic heterocycles. The number of rotatable bonds is 10. The molecule has 0 atom stereocenters. The van der Waals surface area contributed by atoms with E-state index in [4.69, 9.17) is 14.2 Å². The summed E-state index contributed by atoms with van der Waals surface area (Å²) in [7, 11) is 2.95. The number of carbonyl (C=O) groups is 1. The van der Waals surface area contributed by atoms with Crippen LogP contribution in [0.1, 0.15) is 22.8 Å². The Morgan fingerprint density at radius 3 is 1.95 bits per heavy atom. The fourth-order valence-electron chi connectivity index (χ4n) is 4.41. The maximum Gasteiger partial charge on any atom is 0.246 e. The van der Waals surface area contributed by atoms with Gasteiger partial charge in [-0.05, 0) is 34.9 Å². The van der Waals surface area contributed by atoms with E-state index < -0.39 is 0 Å². The second-order valence-electron chi connectivity index (χ2n) is 8.85. The number of ether oxygens (including phenoxy) is 3. The summed E-state index contributed by atoms with van der Waals surface area (Å²) in [5.74, 6) is 0.482. The minimum absolute atomic E-state index is 0.0462. The number of amides is 1. The summed E-state index contributed by atoms with van der Waals surface area (Å²) in [6, 6.07) is 23.9. The summed E-state index contributed by atoms with van der Waals surface area (Å²) in [6.07, 6.45) is 3.15. The van der Waals surface area contributed by atoms with E-state index in [1.165, 1.54) is 14.2 Å². The topological polar surface area (TPSA) is 71.5 Å². The van der Waals surface area contributed by atoms with E-state index in [1.54, 1.807) is 24.3 Å². The Kier molecular flexibility index (Phi) is 9.18. The van der Waals surface area contributed by atoms with Crippen molar-refractivity contribution in [3.63, 3.8) is 0 Å². The highest BCUT2D eigenvalue weighted by Gasteiger charge is 2.21. The number of hydrogen-bond donors (Lipinski definition) is 1. The maximum atomic E-state index is 12.8. The molecule has 37 heavy (non-hydrogen) atoms.